The Morgan fingerprint density at radius 3 is 0.971 bits per heavy atom. The molecular weight excluding hydrogens is 853 g/mol. The van der Waals surface area contributed by atoms with Gasteiger partial charge in [0.2, 0.25) is 0 Å². The predicted molar refractivity (Wildman–Crippen MR) is 267 cm³/mol. The third kappa shape index (κ3) is 8.30. The second-order valence-electron chi connectivity index (χ2n) is 24.6. The van der Waals surface area contributed by atoms with Crippen molar-refractivity contribution in [2.75, 3.05) is 20.6 Å². The van der Waals surface area contributed by atoms with E-state index in [4.69, 9.17) is 0 Å². The van der Waals surface area contributed by atoms with Gasteiger partial charge in [-0.25, -0.2) is 13.7 Å². The molecule has 4 saturated carbocycles. The number of likely N-dealkylation sites (N-methyl/N-ethyl adjacent to an activating group) is 1. The minimum absolute atomic E-state index is 0.188. The molecule has 13 rings (SSSR count). The van der Waals surface area contributed by atoms with Crippen molar-refractivity contribution in [2.45, 2.75) is 144 Å². The van der Waals surface area contributed by atoms with Gasteiger partial charge in [-0.2, -0.15) is 0 Å². The van der Waals surface area contributed by atoms with E-state index in [2.05, 4.69) is 183 Å². The molecule has 6 aliphatic heterocycles. The number of aryl methyl sites for hydroxylation is 3. The van der Waals surface area contributed by atoms with Crippen molar-refractivity contribution in [3.63, 3.8) is 0 Å². The number of pyridine rings is 3. The molecule has 368 valence electrons. The number of nitrogens with zero attached hydrogens (tertiary/aromatic N) is 4. The molecule has 8 bridgehead atoms. The fourth-order valence-corrected chi connectivity index (χ4v) is 17.2. The van der Waals surface area contributed by atoms with Crippen LogP contribution in [0.5, 0.6) is 0 Å². The van der Waals surface area contributed by atoms with Crippen LogP contribution in [0.4, 0.5) is 0 Å². The van der Waals surface area contributed by atoms with Crippen LogP contribution in [0.1, 0.15) is 111 Å². The lowest BCUT2D eigenvalue weighted by Gasteiger charge is -2.42. The molecular formula is C57H84N12+4. The second-order valence-corrected chi connectivity index (χ2v) is 24.6. The molecule has 5 saturated heterocycles. The molecule has 0 amide bonds. The number of rotatable bonds is 4. The number of quaternary nitrogens is 1. The fraction of sp³-hybridized carbons (Fsp3) is 0.667. The summed E-state index contributed by atoms with van der Waals surface area (Å²) in [5.74, 6) is 6.08. The zero-order valence-electron chi connectivity index (χ0n) is 42.2. The van der Waals surface area contributed by atoms with Gasteiger partial charge in [-0.3, -0.25) is 47.0 Å². The highest BCUT2D eigenvalue weighted by molar-refractivity contribution is 5.28. The first-order valence-corrected chi connectivity index (χ1v) is 27.8. The summed E-state index contributed by atoms with van der Waals surface area (Å²) in [5.41, 5.74) is 6.10. The van der Waals surface area contributed by atoms with Crippen LogP contribution in [0.25, 0.3) is 0 Å². The van der Waals surface area contributed by atoms with Crippen molar-refractivity contribution in [2.24, 2.45) is 74.4 Å². The van der Waals surface area contributed by atoms with E-state index in [1.165, 1.54) is 93.7 Å². The summed E-state index contributed by atoms with van der Waals surface area (Å²) < 4.78 is 7.53. The third-order valence-corrected chi connectivity index (χ3v) is 20.4. The van der Waals surface area contributed by atoms with E-state index in [-0.39, 0.29) is 49.3 Å². The zero-order chi connectivity index (χ0) is 46.5. The Labute approximate surface area is 412 Å². The van der Waals surface area contributed by atoms with Crippen LogP contribution < -0.4 is 56.2 Å². The monoisotopic (exact) mass is 937 g/mol. The Kier molecular flexibility index (Phi) is 12.0. The molecule has 0 radical (unpaired) electrons. The van der Waals surface area contributed by atoms with Crippen LogP contribution in [0, 0.1) is 53.3 Å². The normalized spacial score (nSPS) is 44.4. The SMILES string of the molecule is C[n+]1ccc(C2CCCC3C4NC(NC5NC(NC6NC(NC7NC(N4)C4C(c8cc[n+](C)cc8)CCCC74)C4C(c7cc[n+](C)cc7)CCCC64)C4C(C6=CC[N+](C)(C)C=C6)CCCC54)C23)cc1. The Balaban J connectivity index is 0.912. The van der Waals surface area contributed by atoms with Gasteiger partial charge in [0.25, 0.3) is 0 Å². The number of aromatic nitrogens is 3. The first kappa shape index (κ1) is 45.4. The average molecular weight is 937 g/mol. The Bertz CT molecular complexity index is 2320. The van der Waals surface area contributed by atoms with Crippen LogP contribution >= 0.6 is 0 Å². The van der Waals surface area contributed by atoms with Gasteiger partial charge in [-0.05, 0) is 157 Å². The van der Waals surface area contributed by atoms with E-state index in [1.54, 1.807) is 5.57 Å². The lowest BCUT2D eigenvalue weighted by molar-refractivity contribution is -0.833. The van der Waals surface area contributed by atoms with E-state index in [0.717, 1.165) is 11.0 Å². The van der Waals surface area contributed by atoms with Crippen molar-refractivity contribution < 1.29 is 18.2 Å². The maximum absolute atomic E-state index is 4.54. The summed E-state index contributed by atoms with van der Waals surface area (Å²) in [6, 6.07) is 14.6. The lowest BCUT2D eigenvalue weighted by Crippen LogP contribution is -2.62. The van der Waals surface area contributed by atoms with Crippen LogP contribution in [0.3, 0.4) is 0 Å². The number of allylic oxidation sites excluding steroid dienone is 2. The van der Waals surface area contributed by atoms with Crippen LogP contribution in [-0.2, 0) is 21.1 Å². The number of fused-ring (bicyclic) bond motifs is 20. The summed E-state index contributed by atoms with van der Waals surface area (Å²) in [6.07, 6.45) is 38.0. The largest absolute Gasteiger partial charge is 0.299 e. The lowest BCUT2D eigenvalue weighted by atomic mass is 9.67. The fourth-order valence-electron chi connectivity index (χ4n) is 17.2. The molecule has 0 aromatic carbocycles. The van der Waals surface area contributed by atoms with Gasteiger partial charge < -0.3 is 0 Å². The second kappa shape index (κ2) is 18.3. The minimum atomic E-state index is 0.188. The van der Waals surface area contributed by atoms with Gasteiger partial charge in [-0.1, -0.05) is 25.7 Å². The molecule has 3 aromatic heterocycles. The number of hydrogen-bond acceptors (Lipinski definition) is 8. The highest BCUT2D eigenvalue weighted by Gasteiger charge is 2.59. The topological polar surface area (TPSA) is 108 Å². The van der Waals surface area contributed by atoms with Gasteiger partial charge in [0.15, 0.2) is 37.2 Å². The van der Waals surface area contributed by atoms with Crippen molar-refractivity contribution >= 4 is 0 Å². The van der Waals surface area contributed by atoms with Crippen molar-refractivity contribution in [3.8, 4) is 0 Å². The van der Waals surface area contributed by atoms with Crippen LogP contribution in [-0.4, -0.2) is 74.4 Å². The van der Waals surface area contributed by atoms with Crippen molar-refractivity contribution in [1.29, 1.82) is 0 Å². The molecule has 10 aliphatic rings. The standard InChI is InChI=1S/C57H84N12/c1-66-26-18-34(19-27-66)38-10-6-14-42-46(38)54-58-50(42)60-55-48-40(36-22-30-68(3)31-23-36)12-8-16-44(48)52(62-55)64-57-49-41(37-24-32-69(4,5)33-25-37)13-9-17-45(49)53(65-57)63-56-47-39(35-20-28-67(2)29-21-35)11-7-15-43(47)51(59-54)61-56/h18-32,38-65H,6-17,33H2,1-5H3/q+4. The van der Waals surface area contributed by atoms with Gasteiger partial charge in [0.05, 0.1) is 69.6 Å². The van der Waals surface area contributed by atoms with Crippen LogP contribution in [0.15, 0.2) is 97.5 Å². The first-order chi connectivity index (χ1) is 33.6. The molecule has 0 spiro atoms. The average Bonchev–Trinajstić information content (AvgIpc) is 4.11. The Hall–Kier alpha value is -3.43. The smallest absolute Gasteiger partial charge is 0.168 e. The zero-order valence-corrected chi connectivity index (χ0v) is 42.2. The predicted octanol–water partition coefficient (Wildman–Crippen LogP) is 4.02. The summed E-state index contributed by atoms with van der Waals surface area (Å²) in [7, 11) is 11.1. The third-order valence-electron chi connectivity index (χ3n) is 20.4. The molecule has 9 heterocycles. The van der Waals surface area contributed by atoms with Gasteiger partial charge >= 0.3 is 0 Å². The first-order valence-electron chi connectivity index (χ1n) is 27.8. The molecule has 9 fully saturated rings. The van der Waals surface area contributed by atoms with Crippen LogP contribution in [0.2, 0.25) is 0 Å². The minimum Gasteiger partial charge on any atom is -0.299 e. The number of nitrogens with one attached hydrogen (secondary N) is 8. The molecule has 8 N–H and O–H groups in total. The summed E-state index contributed by atoms with van der Waals surface area (Å²) in [4.78, 5) is 0. The quantitative estimate of drug-likeness (QED) is 0.147. The van der Waals surface area contributed by atoms with E-state index in [1.807, 2.05) is 0 Å². The van der Waals surface area contributed by atoms with E-state index in [9.17, 15) is 0 Å². The summed E-state index contributed by atoms with van der Waals surface area (Å²) >= 11 is 0. The number of hydrogen-bond donors (Lipinski definition) is 8. The molecule has 4 aliphatic carbocycles. The Morgan fingerprint density at radius 2 is 0.681 bits per heavy atom. The van der Waals surface area contributed by atoms with E-state index >= 15 is 0 Å². The van der Waals surface area contributed by atoms with E-state index < -0.39 is 0 Å². The van der Waals surface area contributed by atoms with E-state index in [0.29, 0.717) is 71.0 Å². The van der Waals surface area contributed by atoms with Gasteiger partial charge in [0.1, 0.15) is 27.7 Å². The van der Waals surface area contributed by atoms with Crippen molar-refractivity contribution in [3.05, 3.63) is 114 Å². The van der Waals surface area contributed by atoms with Gasteiger partial charge in [-0.15, -0.1) is 0 Å². The molecule has 12 nitrogen and oxygen atoms in total. The maximum Gasteiger partial charge on any atom is 0.168 e. The maximum atomic E-state index is 4.54. The highest BCUT2D eigenvalue weighted by atomic mass is 15.4. The molecule has 69 heavy (non-hydrogen) atoms. The summed E-state index contributed by atoms with van der Waals surface area (Å²) in [6.45, 7) is 1.07. The Morgan fingerprint density at radius 1 is 0.391 bits per heavy atom. The molecule has 3 aromatic rings. The van der Waals surface area contributed by atoms with Gasteiger partial charge in [0, 0.05) is 36.4 Å². The molecule has 20 unspecified atom stereocenters. The van der Waals surface area contributed by atoms with Crippen molar-refractivity contribution in [1.82, 2.24) is 42.5 Å². The summed E-state index contributed by atoms with van der Waals surface area (Å²) in [5, 5.41) is 35.9. The molecule has 20 atom stereocenters. The molecule has 12 heteroatoms. The highest BCUT2D eigenvalue weighted by Crippen LogP contribution is 2.53.